The lowest BCUT2D eigenvalue weighted by Gasteiger charge is -2.36. The van der Waals surface area contributed by atoms with Crippen molar-refractivity contribution in [3.63, 3.8) is 0 Å². The molecule has 270 valence electrons. The molecule has 1 aromatic carbocycles. The summed E-state index contributed by atoms with van der Waals surface area (Å²) in [6.45, 7) is 16.6. The normalized spacial score (nSPS) is 21.9. The summed E-state index contributed by atoms with van der Waals surface area (Å²) in [7, 11) is 1.63. The summed E-state index contributed by atoms with van der Waals surface area (Å²) in [6, 6.07) is 1.98. The van der Waals surface area contributed by atoms with Crippen molar-refractivity contribution in [2.45, 2.75) is 137 Å². The van der Waals surface area contributed by atoms with E-state index >= 15 is 0 Å². The maximum absolute atomic E-state index is 14.5. The number of nitrogens with zero attached hydrogens (tertiary/aromatic N) is 2. The van der Waals surface area contributed by atoms with E-state index in [-0.39, 0.29) is 37.5 Å². The second-order valence-electron chi connectivity index (χ2n) is 16.4. The molecule has 1 aromatic rings. The summed E-state index contributed by atoms with van der Waals surface area (Å²) in [4.78, 5) is 75.5. The molecule has 2 aliphatic heterocycles. The van der Waals surface area contributed by atoms with Gasteiger partial charge in [-0.2, -0.15) is 0 Å². The number of carbonyl (C=O) groups is 5. The average Bonchev–Trinajstić information content (AvgIpc) is 3.58. The van der Waals surface area contributed by atoms with Gasteiger partial charge in [-0.1, -0.05) is 39.3 Å². The molecule has 11 heteroatoms. The number of amides is 2. The van der Waals surface area contributed by atoms with Gasteiger partial charge in [-0.15, -0.1) is 0 Å². The van der Waals surface area contributed by atoms with Crippen LogP contribution in [0.3, 0.4) is 0 Å². The Morgan fingerprint density at radius 1 is 1.06 bits per heavy atom. The number of likely N-dealkylation sites (tertiary alicyclic amines) is 1. The Balaban J connectivity index is 1.64. The molecule has 0 bridgehead atoms. The molecule has 49 heavy (non-hydrogen) atoms. The van der Waals surface area contributed by atoms with Crippen LogP contribution in [0.1, 0.15) is 117 Å². The van der Waals surface area contributed by atoms with Crippen molar-refractivity contribution in [3.8, 4) is 5.75 Å². The van der Waals surface area contributed by atoms with Gasteiger partial charge >= 0.3 is 6.09 Å². The molecule has 1 spiro atoms. The number of nitrogens with one attached hydrogen (secondary N) is 1. The number of oxime groups is 1. The second-order valence-corrected chi connectivity index (χ2v) is 16.4. The zero-order chi connectivity index (χ0) is 36.5. The van der Waals surface area contributed by atoms with Crippen molar-refractivity contribution in [3.05, 3.63) is 28.8 Å². The number of benzene rings is 1. The minimum absolute atomic E-state index is 0.0545. The van der Waals surface area contributed by atoms with Gasteiger partial charge in [-0.3, -0.25) is 19.2 Å². The maximum atomic E-state index is 14.5. The minimum atomic E-state index is -1.03. The molecule has 4 atom stereocenters. The fourth-order valence-electron chi connectivity index (χ4n) is 6.98. The molecule has 0 radical (unpaired) electrons. The minimum Gasteiger partial charge on any atom is -0.496 e. The van der Waals surface area contributed by atoms with E-state index in [4.69, 9.17) is 14.3 Å². The number of methoxy groups -OCH3 is 1. The topological polar surface area (TPSA) is 141 Å². The predicted octanol–water partition coefficient (Wildman–Crippen LogP) is 6.03. The van der Waals surface area contributed by atoms with Gasteiger partial charge in [-0.05, 0) is 88.5 Å². The molecule has 0 aromatic heterocycles. The Morgan fingerprint density at radius 2 is 1.69 bits per heavy atom. The van der Waals surface area contributed by atoms with E-state index in [1.54, 1.807) is 27.9 Å². The smallest absolute Gasteiger partial charge is 0.408 e. The molecule has 2 fully saturated rings. The number of hydrogen-bond donors (Lipinski definition) is 1. The van der Waals surface area contributed by atoms with Crippen molar-refractivity contribution in [2.24, 2.45) is 22.4 Å². The SMILES string of the molecule is CCC[C@H](CC(=O)[C@@H]1C[C@]2(CC(c3cc(C)c(OC)c(C)c3)=NO2)CN1C(=O)[C@@H](NC(=O)OC(C)(C)C)C(C)(C)C)C(=O)C(=O)CC1CC1. The molecule has 2 heterocycles. The van der Waals surface area contributed by atoms with Crippen LogP contribution in [-0.4, -0.2) is 76.9 Å². The molecule has 4 rings (SSSR count). The number of alkyl carbamates (subject to hydrolysis) is 1. The molecule has 0 unspecified atom stereocenters. The summed E-state index contributed by atoms with van der Waals surface area (Å²) in [5, 5.41) is 7.22. The first-order chi connectivity index (χ1) is 22.8. The van der Waals surface area contributed by atoms with Crippen molar-refractivity contribution in [1.29, 1.82) is 0 Å². The van der Waals surface area contributed by atoms with Gasteiger partial charge in [0.2, 0.25) is 11.7 Å². The van der Waals surface area contributed by atoms with Crippen LogP contribution in [0.5, 0.6) is 5.75 Å². The van der Waals surface area contributed by atoms with Crippen molar-refractivity contribution < 1.29 is 38.3 Å². The maximum Gasteiger partial charge on any atom is 0.408 e. The van der Waals surface area contributed by atoms with E-state index in [0.717, 1.165) is 35.3 Å². The quantitative estimate of drug-likeness (QED) is 0.249. The van der Waals surface area contributed by atoms with Crippen LogP contribution in [0.4, 0.5) is 4.79 Å². The van der Waals surface area contributed by atoms with Gasteiger partial charge in [0, 0.05) is 37.2 Å². The number of aryl methyl sites for hydroxylation is 2. The number of carbonyl (C=O) groups excluding carboxylic acids is 5. The molecule has 1 N–H and O–H groups in total. The number of ketones is 3. The third-order valence-corrected chi connectivity index (χ3v) is 9.57. The van der Waals surface area contributed by atoms with Crippen molar-refractivity contribution in [2.75, 3.05) is 13.7 Å². The van der Waals surface area contributed by atoms with E-state index in [1.807, 2.05) is 53.7 Å². The highest BCUT2D eigenvalue weighted by atomic mass is 16.7. The Bertz CT molecular complexity index is 1480. The van der Waals surface area contributed by atoms with Crippen LogP contribution in [0.2, 0.25) is 0 Å². The molecular formula is C38H55N3O8. The van der Waals surface area contributed by atoms with Gasteiger partial charge in [0.05, 0.1) is 25.4 Å². The van der Waals surface area contributed by atoms with E-state index in [0.29, 0.717) is 25.0 Å². The lowest BCUT2D eigenvalue weighted by Crippen LogP contribution is -2.57. The summed E-state index contributed by atoms with van der Waals surface area (Å²) < 4.78 is 11.0. The standard InChI is InChI=1S/C38H55N3O8/c1-11-12-25(31(44)30(43)17-24-13-14-24)18-29(42)28-20-38(19-27(40-49-38)26-15-22(2)32(47-10)23(3)16-26)21-41(28)34(45)33(36(4,5)6)39-35(46)48-37(7,8)9/h15-16,24-25,28,33H,11-14,17-21H2,1-10H3,(H,39,46)/t25-,28+,33-,38-/m1/s1. The highest BCUT2D eigenvalue weighted by Gasteiger charge is 2.55. The van der Waals surface area contributed by atoms with E-state index in [2.05, 4.69) is 10.5 Å². The van der Waals surface area contributed by atoms with Gasteiger partial charge in [-0.25, -0.2) is 4.79 Å². The van der Waals surface area contributed by atoms with Crippen molar-refractivity contribution in [1.82, 2.24) is 10.2 Å². The first kappa shape index (κ1) is 38.0. The number of hydrogen-bond acceptors (Lipinski definition) is 9. The van der Waals surface area contributed by atoms with Gasteiger partial charge in [0.1, 0.15) is 17.4 Å². The lowest BCUT2D eigenvalue weighted by molar-refractivity contribution is -0.143. The largest absolute Gasteiger partial charge is 0.496 e. The first-order valence-electron chi connectivity index (χ1n) is 17.6. The summed E-state index contributed by atoms with van der Waals surface area (Å²) in [6.07, 6.45) is 2.76. The van der Waals surface area contributed by atoms with Crippen LogP contribution in [0, 0.1) is 31.1 Å². The highest BCUT2D eigenvalue weighted by molar-refractivity contribution is 6.38. The lowest BCUT2D eigenvalue weighted by atomic mass is 9.84. The van der Waals surface area contributed by atoms with E-state index in [1.165, 1.54) is 4.90 Å². The molecule has 2 amide bonds. The molecule has 11 nitrogen and oxygen atoms in total. The molecule has 3 aliphatic rings. The van der Waals surface area contributed by atoms with Crippen LogP contribution in [0.15, 0.2) is 17.3 Å². The molecule has 1 saturated carbocycles. The third-order valence-electron chi connectivity index (χ3n) is 9.57. The summed E-state index contributed by atoms with van der Waals surface area (Å²) in [5.41, 5.74) is 0.924. The zero-order valence-electron chi connectivity index (χ0n) is 31.0. The first-order valence-corrected chi connectivity index (χ1v) is 17.6. The summed E-state index contributed by atoms with van der Waals surface area (Å²) in [5.74, 6) is -1.38. The Kier molecular flexibility index (Phi) is 11.3. The molecule has 1 saturated heterocycles. The molecular weight excluding hydrogens is 626 g/mol. The van der Waals surface area contributed by atoms with Gasteiger partial charge < -0.3 is 24.5 Å². The second kappa shape index (κ2) is 14.6. The number of rotatable bonds is 13. The zero-order valence-corrected chi connectivity index (χ0v) is 31.0. The highest BCUT2D eigenvalue weighted by Crippen LogP contribution is 2.42. The average molecular weight is 682 g/mol. The van der Waals surface area contributed by atoms with Crippen LogP contribution >= 0.6 is 0 Å². The molecule has 1 aliphatic carbocycles. The Morgan fingerprint density at radius 3 is 2.22 bits per heavy atom. The van der Waals surface area contributed by atoms with Crippen LogP contribution in [-0.2, 0) is 28.8 Å². The fraction of sp³-hybridized carbons (Fsp3) is 0.684. The predicted molar refractivity (Wildman–Crippen MR) is 186 cm³/mol. The number of Topliss-reactive ketones (excluding diaryl/α,β-unsaturated/α-hetero) is 3. The monoisotopic (exact) mass is 681 g/mol. The number of ether oxygens (including phenoxy) is 2. The van der Waals surface area contributed by atoms with E-state index < -0.39 is 58.2 Å². The van der Waals surface area contributed by atoms with E-state index in [9.17, 15) is 24.0 Å². The summed E-state index contributed by atoms with van der Waals surface area (Å²) >= 11 is 0. The third kappa shape index (κ3) is 9.28. The fourth-order valence-corrected chi connectivity index (χ4v) is 6.98. The van der Waals surface area contributed by atoms with Gasteiger partial charge in [0.25, 0.3) is 0 Å². The van der Waals surface area contributed by atoms with Crippen LogP contribution in [0.25, 0.3) is 0 Å². The van der Waals surface area contributed by atoms with Crippen LogP contribution < -0.4 is 10.1 Å². The Labute approximate surface area is 290 Å². The Hall–Kier alpha value is -3.76. The van der Waals surface area contributed by atoms with Gasteiger partial charge in [0.15, 0.2) is 17.2 Å². The van der Waals surface area contributed by atoms with Crippen molar-refractivity contribution >= 4 is 35.1 Å².